The number of benzene rings is 2. The van der Waals surface area contributed by atoms with Gasteiger partial charge in [-0.3, -0.25) is 9.89 Å². The van der Waals surface area contributed by atoms with Gasteiger partial charge in [0, 0.05) is 17.7 Å². The van der Waals surface area contributed by atoms with E-state index in [-0.39, 0.29) is 17.7 Å². The number of rotatable bonds is 8. The van der Waals surface area contributed by atoms with Crippen molar-refractivity contribution in [1.82, 2.24) is 15.1 Å². The Morgan fingerprint density at radius 3 is 2.61 bits per heavy atom. The van der Waals surface area contributed by atoms with Crippen LogP contribution in [-0.2, 0) is 0 Å². The van der Waals surface area contributed by atoms with Gasteiger partial charge in [0.1, 0.15) is 17.1 Å². The molecule has 7 nitrogen and oxygen atoms in total. The summed E-state index contributed by atoms with van der Waals surface area (Å²) in [6.07, 6.45) is 0.899. The average Bonchev–Trinajstić information content (AvgIpc) is 3.32. The van der Waals surface area contributed by atoms with Crippen LogP contribution < -0.4 is 9.47 Å². The van der Waals surface area contributed by atoms with Crippen LogP contribution >= 0.6 is 0 Å². The monoisotopic (exact) mass is 421 g/mol. The normalized spacial score (nSPS) is 15.3. The van der Waals surface area contributed by atoms with E-state index in [9.17, 15) is 9.90 Å². The highest BCUT2D eigenvalue weighted by Crippen LogP contribution is 2.45. The highest BCUT2D eigenvalue weighted by Gasteiger charge is 2.42. The van der Waals surface area contributed by atoms with Gasteiger partial charge in [-0.1, -0.05) is 25.1 Å². The van der Waals surface area contributed by atoms with Crippen LogP contribution in [0.25, 0.3) is 11.3 Å². The highest BCUT2D eigenvalue weighted by atomic mass is 16.5. The first-order valence-electron chi connectivity index (χ1n) is 10.7. The molecule has 7 heteroatoms. The number of hydrogen-bond acceptors (Lipinski definition) is 5. The fraction of sp³-hybridized carbons (Fsp3) is 0.333. The van der Waals surface area contributed by atoms with E-state index >= 15 is 0 Å². The van der Waals surface area contributed by atoms with E-state index in [1.54, 1.807) is 23.1 Å². The Bertz CT molecular complexity index is 1090. The SMILES string of the molecule is CCCOc1ccc(C2c3c(-c4ccccc4O)n[nH]c3C(=O)N2CC)cc1OCC. The number of phenols is 1. The number of fused-ring (bicyclic) bond motifs is 1. The standard InChI is InChI=1S/C24H27N3O4/c1-4-13-31-18-12-11-15(14-19(18)30-6-3)23-20-21(16-9-7-8-10-17(16)28)25-26-22(20)24(29)27(23)5-2/h7-12,14,23,28H,4-6,13H2,1-3H3,(H,25,26). The number of H-pyrrole nitrogens is 1. The van der Waals surface area contributed by atoms with E-state index in [4.69, 9.17) is 9.47 Å². The van der Waals surface area contributed by atoms with Crippen molar-refractivity contribution < 1.29 is 19.4 Å². The van der Waals surface area contributed by atoms with Gasteiger partial charge in [-0.15, -0.1) is 0 Å². The first-order chi connectivity index (χ1) is 15.1. The van der Waals surface area contributed by atoms with Crippen molar-refractivity contribution in [2.45, 2.75) is 33.2 Å². The molecule has 0 saturated carbocycles. The molecule has 0 spiro atoms. The lowest BCUT2D eigenvalue weighted by molar-refractivity contribution is 0.0753. The van der Waals surface area contributed by atoms with Gasteiger partial charge in [-0.05, 0) is 50.1 Å². The molecule has 0 saturated heterocycles. The predicted molar refractivity (Wildman–Crippen MR) is 118 cm³/mol. The van der Waals surface area contributed by atoms with E-state index in [1.165, 1.54) is 0 Å². The number of amides is 1. The third kappa shape index (κ3) is 3.60. The minimum Gasteiger partial charge on any atom is -0.507 e. The topological polar surface area (TPSA) is 87.7 Å². The van der Waals surface area contributed by atoms with Gasteiger partial charge < -0.3 is 19.5 Å². The fourth-order valence-electron chi connectivity index (χ4n) is 4.04. The Balaban J connectivity index is 1.84. The lowest BCUT2D eigenvalue weighted by atomic mass is 9.95. The summed E-state index contributed by atoms with van der Waals surface area (Å²) in [4.78, 5) is 14.9. The molecular formula is C24H27N3O4. The number of nitrogens with one attached hydrogen (secondary N) is 1. The molecule has 0 bridgehead atoms. The van der Waals surface area contributed by atoms with Gasteiger partial charge in [-0.25, -0.2) is 0 Å². The Morgan fingerprint density at radius 1 is 1.10 bits per heavy atom. The highest BCUT2D eigenvalue weighted by molar-refractivity contribution is 6.00. The van der Waals surface area contributed by atoms with Crippen molar-refractivity contribution in [3.8, 4) is 28.5 Å². The molecule has 1 atom stereocenters. The molecule has 4 rings (SSSR count). The van der Waals surface area contributed by atoms with Crippen molar-refractivity contribution in [1.29, 1.82) is 0 Å². The Hall–Kier alpha value is -3.48. The lowest BCUT2D eigenvalue weighted by Gasteiger charge is -2.26. The second-order valence-electron chi connectivity index (χ2n) is 7.36. The zero-order valence-electron chi connectivity index (χ0n) is 18.0. The van der Waals surface area contributed by atoms with Crippen LogP contribution in [0.2, 0.25) is 0 Å². The third-order valence-electron chi connectivity index (χ3n) is 5.41. The average molecular weight is 421 g/mol. The Kier molecular flexibility index (Phi) is 5.84. The maximum atomic E-state index is 13.1. The van der Waals surface area contributed by atoms with Crippen molar-refractivity contribution in [2.75, 3.05) is 19.8 Å². The molecule has 2 N–H and O–H groups in total. The zero-order chi connectivity index (χ0) is 22.0. The summed E-state index contributed by atoms with van der Waals surface area (Å²) in [7, 11) is 0. The van der Waals surface area contributed by atoms with Gasteiger partial charge in [0.25, 0.3) is 5.91 Å². The van der Waals surface area contributed by atoms with Crippen molar-refractivity contribution in [3.05, 3.63) is 59.3 Å². The number of para-hydroxylation sites is 1. The molecule has 1 aliphatic rings. The van der Waals surface area contributed by atoms with Crippen LogP contribution in [0.1, 0.15) is 54.8 Å². The van der Waals surface area contributed by atoms with Crippen molar-refractivity contribution in [3.63, 3.8) is 0 Å². The number of phenolic OH excluding ortho intramolecular Hbond substituents is 1. The summed E-state index contributed by atoms with van der Waals surface area (Å²) >= 11 is 0. The summed E-state index contributed by atoms with van der Waals surface area (Å²) in [5, 5.41) is 17.7. The first-order valence-corrected chi connectivity index (χ1v) is 10.7. The Morgan fingerprint density at radius 2 is 1.90 bits per heavy atom. The minimum absolute atomic E-state index is 0.110. The smallest absolute Gasteiger partial charge is 0.273 e. The quantitative estimate of drug-likeness (QED) is 0.558. The molecule has 1 aromatic heterocycles. The van der Waals surface area contributed by atoms with E-state index < -0.39 is 0 Å². The van der Waals surface area contributed by atoms with Gasteiger partial charge in [0.05, 0.1) is 19.3 Å². The summed E-state index contributed by atoms with van der Waals surface area (Å²) in [6.45, 7) is 7.58. The van der Waals surface area contributed by atoms with E-state index in [1.807, 2.05) is 38.1 Å². The van der Waals surface area contributed by atoms with E-state index in [2.05, 4.69) is 17.1 Å². The molecule has 0 aliphatic carbocycles. The summed E-state index contributed by atoms with van der Waals surface area (Å²) in [5.41, 5.74) is 3.28. The molecule has 1 aliphatic heterocycles. The second-order valence-corrected chi connectivity index (χ2v) is 7.36. The number of aromatic nitrogens is 2. The number of aromatic hydroxyl groups is 1. The number of ether oxygens (including phenoxy) is 2. The number of carbonyl (C=O) groups is 1. The summed E-state index contributed by atoms with van der Waals surface area (Å²) in [5.74, 6) is 1.35. The molecule has 0 fully saturated rings. The third-order valence-corrected chi connectivity index (χ3v) is 5.41. The van der Waals surface area contributed by atoms with Crippen LogP contribution in [0.15, 0.2) is 42.5 Å². The van der Waals surface area contributed by atoms with Crippen LogP contribution in [0.5, 0.6) is 17.2 Å². The number of hydrogen-bond donors (Lipinski definition) is 2. The molecule has 0 radical (unpaired) electrons. The zero-order valence-corrected chi connectivity index (χ0v) is 18.0. The van der Waals surface area contributed by atoms with E-state index in [0.717, 1.165) is 17.5 Å². The largest absolute Gasteiger partial charge is 0.507 e. The molecule has 2 aromatic carbocycles. The Labute approximate surface area is 181 Å². The van der Waals surface area contributed by atoms with Crippen molar-refractivity contribution >= 4 is 5.91 Å². The summed E-state index contributed by atoms with van der Waals surface area (Å²) in [6, 6.07) is 12.5. The molecule has 3 aromatic rings. The van der Waals surface area contributed by atoms with Gasteiger partial charge in [0.2, 0.25) is 0 Å². The molecule has 31 heavy (non-hydrogen) atoms. The molecule has 2 heterocycles. The van der Waals surface area contributed by atoms with Crippen molar-refractivity contribution in [2.24, 2.45) is 0 Å². The van der Waals surface area contributed by atoms with Gasteiger partial charge >= 0.3 is 0 Å². The fourth-order valence-corrected chi connectivity index (χ4v) is 4.04. The second kappa shape index (κ2) is 8.71. The van der Waals surface area contributed by atoms with Crippen LogP contribution in [0.4, 0.5) is 0 Å². The van der Waals surface area contributed by atoms with E-state index in [0.29, 0.717) is 48.2 Å². The molecular weight excluding hydrogens is 394 g/mol. The molecule has 1 unspecified atom stereocenters. The van der Waals surface area contributed by atoms with Gasteiger partial charge in [0.15, 0.2) is 11.5 Å². The minimum atomic E-state index is -0.347. The first kappa shape index (κ1) is 20.8. The maximum Gasteiger partial charge on any atom is 0.273 e. The molecule has 1 amide bonds. The summed E-state index contributed by atoms with van der Waals surface area (Å²) < 4.78 is 11.7. The van der Waals surface area contributed by atoms with Gasteiger partial charge in [-0.2, -0.15) is 5.10 Å². The number of nitrogens with zero attached hydrogens (tertiary/aromatic N) is 2. The van der Waals surface area contributed by atoms with Crippen LogP contribution in [-0.4, -0.2) is 45.9 Å². The van der Waals surface area contributed by atoms with Crippen LogP contribution in [0, 0.1) is 0 Å². The number of aromatic amines is 1. The lowest BCUT2D eigenvalue weighted by Crippen LogP contribution is -2.29. The number of carbonyl (C=O) groups excluding carboxylic acids is 1. The maximum absolute atomic E-state index is 13.1. The molecule has 162 valence electrons. The predicted octanol–water partition coefficient (Wildman–Crippen LogP) is 4.53. The van der Waals surface area contributed by atoms with Crippen LogP contribution in [0.3, 0.4) is 0 Å².